The number of hydrogen-bond donors (Lipinski definition) is 2. The fourth-order valence-electron chi connectivity index (χ4n) is 4.08. The Kier molecular flexibility index (Phi) is 5.55. The number of pyridine rings is 1. The van der Waals surface area contributed by atoms with Gasteiger partial charge in [0.15, 0.2) is 5.82 Å². The van der Waals surface area contributed by atoms with Crippen LogP contribution in [0.5, 0.6) is 5.75 Å². The first kappa shape index (κ1) is 21.4. The van der Waals surface area contributed by atoms with Crippen molar-refractivity contribution in [1.82, 2.24) is 19.7 Å². The van der Waals surface area contributed by atoms with Crippen LogP contribution in [0.25, 0.3) is 11.4 Å². The Balaban J connectivity index is 1.60. The second-order valence-electron chi connectivity index (χ2n) is 8.11. The first-order valence-corrected chi connectivity index (χ1v) is 10.9. The van der Waals surface area contributed by atoms with E-state index in [2.05, 4.69) is 15.6 Å². The highest BCUT2D eigenvalue weighted by Gasteiger charge is 2.34. The molecule has 8 nitrogen and oxygen atoms in total. The number of aryl methyl sites for hydroxylation is 1. The number of carbonyl (C=O) groups excluding carboxylic acids is 1. The van der Waals surface area contributed by atoms with Gasteiger partial charge in [0, 0.05) is 17.5 Å². The highest BCUT2D eigenvalue weighted by molar-refractivity contribution is 6.05. The molecule has 0 radical (unpaired) electrons. The van der Waals surface area contributed by atoms with Crippen molar-refractivity contribution in [2.24, 2.45) is 0 Å². The minimum absolute atomic E-state index is 0.239. The molecule has 1 aliphatic rings. The molecular formula is C26H24N6O2. The number of aromatic nitrogens is 4. The van der Waals surface area contributed by atoms with Crippen LogP contribution in [-0.2, 0) is 4.79 Å². The van der Waals surface area contributed by atoms with Crippen LogP contribution in [0.2, 0.25) is 0 Å². The van der Waals surface area contributed by atoms with E-state index in [0.717, 1.165) is 22.4 Å². The Hall–Kier alpha value is -4.46. The molecule has 0 aliphatic carbocycles. The monoisotopic (exact) mass is 452 g/mol. The van der Waals surface area contributed by atoms with E-state index >= 15 is 0 Å². The van der Waals surface area contributed by atoms with E-state index in [0.29, 0.717) is 28.7 Å². The number of benzene rings is 2. The van der Waals surface area contributed by atoms with Crippen LogP contribution in [0.15, 0.2) is 84.3 Å². The van der Waals surface area contributed by atoms with E-state index in [1.54, 1.807) is 36.3 Å². The number of nitrogens with zero attached hydrogens (tertiary/aromatic N) is 4. The molecule has 0 bridgehead atoms. The van der Waals surface area contributed by atoms with Crippen molar-refractivity contribution in [2.75, 3.05) is 17.7 Å². The lowest BCUT2D eigenvalue weighted by Crippen LogP contribution is -2.31. The second kappa shape index (κ2) is 8.82. The molecule has 34 heavy (non-hydrogen) atoms. The molecule has 4 aromatic rings. The predicted molar refractivity (Wildman–Crippen MR) is 131 cm³/mol. The number of nitrogens with one attached hydrogen (secondary N) is 2. The quantitative estimate of drug-likeness (QED) is 0.460. The van der Waals surface area contributed by atoms with Crippen molar-refractivity contribution >= 4 is 17.5 Å². The van der Waals surface area contributed by atoms with Gasteiger partial charge in [-0.15, -0.1) is 5.10 Å². The third-order valence-corrected chi connectivity index (χ3v) is 5.72. The molecule has 0 spiro atoms. The van der Waals surface area contributed by atoms with Crippen LogP contribution >= 0.6 is 0 Å². The van der Waals surface area contributed by atoms with Gasteiger partial charge in [0.2, 0.25) is 5.95 Å². The second-order valence-corrected chi connectivity index (χ2v) is 8.11. The average molecular weight is 453 g/mol. The maximum absolute atomic E-state index is 13.5. The molecule has 1 aliphatic heterocycles. The van der Waals surface area contributed by atoms with Crippen molar-refractivity contribution in [2.45, 2.75) is 19.9 Å². The van der Waals surface area contributed by atoms with Crippen molar-refractivity contribution < 1.29 is 9.53 Å². The molecule has 1 unspecified atom stereocenters. The smallest absolute Gasteiger partial charge is 0.255 e. The maximum atomic E-state index is 13.5. The number of fused-ring (bicyclic) bond motifs is 1. The summed E-state index contributed by atoms with van der Waals surface area (Å²) in [4.78, 5) is 22.3. The molecule has 1 atom stereocenters. The minimum atomic E-state index is -0.482. The molecule has 2 aromatic heterocycles. The highest BCUT2D eigenvalue weighted by Crippen LogP contribution is 2.37. The van der Waals surface area contributed by atoms with Gasteiger partial charge in [-0.3, -0.25) is 9.78 Å². The molecule has 5 rings (SSSR count). The molecular weight excluding hydrogens is 428 g/mol. The molecule has 0 saturated carbocycles. The summed E-state index contributed by atoms with van der Waals surface area (Å²) in [5.74, 6) is 1.66. The first-order chi connectivity index (χ1) is 16.5. The molecule has 2 aromatic carbocycles. The Morgan fingerprint density at radius 3 is 2.62 bits per heavy atom. The zero-order valence-corrected chi connectivity index (χ0v) is 19.1. The third kappa shape index (κ3) is 4.01. The van der Waals surface area contributed by atoms with Crippen LogP contribution < -0.4 is 15.4 Å². The van der Waals surface area contributed by atoms with Gasteiger partial charge in [-0.25, -0.2) is 4.68 Å². The molecule has 0 fully saturated rings. The first-order valence-electron chi connectivity index (χ1n) is 10.9. The van der Waals surface area contributed by atoms with Crippen molar-refractivity contribution in [3.05, 3.63) is 95.5 Å². The van der Waals surface area contributed by atoms with Crippen molar-refractivity contribution in [3.63, 3.8) is 0 Å². The fraction of sp³-hybridized carbons (Fsp3) is 0.154. The highest BCUT2D eigenvalue weighted by atomic mass is 16.5. The average Bonchev–Trinajstić information content (AvgIpc) is 3.27. The summed E-state index contributed by atoms with van der Waals surface area (Å²) < 4.78 is 7.10. The van der Waals surface area contributed by atoms with Crippen molar-refractivity contribution in [1.29, 1.82) is 0 Å². The summed E-state index contributed by atoms with van der Waals surface area (Å²) in [6, 6.07) is 18.8. The lowest BCUT2D eigenvalue weighted by molar-refractivity contribution is -0.113. The Labute approximate surface area is 197 Å². The molecule has 2 N–H and O–H groups in total. The van der Waals surface area contributed by atoms with E-state index < -0.39 is 6.04 Å². The summed E-state index contributed by atoms with van der Waals surface area (Å²) in [6.07, 6.45) is 3.28. The van der Waals surface area contributed by atoms with Crippen LogP contribution in [-0.4, -0.2) is 32.8 Å². The van der Waals surface area contributed by atoms with Gasteiger partial charge in [0.25, 0.3) is 5.91 Å². The molecule has 3 heterocycles. The van der Waals surface area contributed by atoms with E-state index in [1.165, 1.54) is 0 Å². The molecule has 0 saturated heterocycles. The van der Waals surface area contributed by atoms with Gasteiger partial charge in [0.1, 0.15) is 11.8 Å². The summed E-state index contributed by atoms with van der Waals surface area (Å²) in [6.45, 7) is 3.91. The van der Waals surface area contributed by atoms with Crippen LogP contribution in [0.4, 0.5) is 11.6 Å². The maximum Gasteiger partial charge on any atom is 0.255 e. The SMILES string of the molecule is COc1ccc(C2C(C(=O)Nc3cccnc3)=C(C)Nc3nc(-c4cccc(C)c4)nn32)cc1. The van der Waals surface area contributed by atoms with E-state index in [1.807, 2.05) is 62.4 Å². The Bertz CT molecular complexity index is 1380. The van der Waals surface area contributed by atoms with Gasteiger partial charge in [-0.2, -0.15) is 4.98 Å². The van der Waals surface area contributed by atoms with Crippen molar-refractivity contribution in [3.8, 4) is 17.1 Å². The summed E-state index contributed by atoms with van der Waals surface area (Å²) >= 11 is 0. The lowest BCUT2D eigenvalue weighted by atomic mass is 9.95. The minimum Gasteiger partial charge on any atom is -0.497 e. The lowest BCUT2D eigenvalue weighted by Gasteiger charge is -2.28. The summed E-state index contributed by atoms with van der Waals surface area (Å²) in [5.41, 5.74) is 4.79. The largest absolute Gasteiger partial charge is 0.497 e. The molecule has 8 heteroatoms. The predicted octanol–water partition coefficient (Wildman–Crippen LogP) is 4.58. The third-order valence-electron chi connectivity index (χ3n) is 5.72. The summed E-state index contributed by atoms with van der Waals surface area (Å²) in [7, 11) is 1.63. The zero-order chi connectivity index (χ0) is 23.7. The number of anilines is 2. The van der Waals surface area contributed by atoms with Gasteiger partial charge in [0.05, 0.1) is 24.6 Å². The van der Waals surface area contributed by atoms with Gasteiger partial charge < -0.3 is 15.4 Å². The number of ether oxygens (including phenoxy) is 1. The number of carbonyl (C=O) groups is 1. The van der Waals surface area contributed by atoms with Crippen LogP contribution in [0.1, 0.15) is 24.1 Å². The zero-order valence-electron chi connectivity index (χ0n) is 19.1. The normalized spacial score (nSPS) is 14.9. The van der Waals surface area contributed by atoms with Gasteiger partial charge >= 0.3 is 0 Å². The van der Waals surface area contributed by atoms with Gasteiger partial charge in [-0.05, 0) is 49.7 Å². The molecule has 170 valence electrons. The number of methoxy groups -OCH3 is 1. The van der Waals surface area contributed by atoms with Crippen LogP contribution in [0.3, 0.4) is 0 Å². The number of hydrogen-bond acceptors (Lipinski definition) is 6. The number of allylic oxidation sites excluding steroid dienone is 1. The topological polar surface area (TPSA) is 94.0 Å². The van der Waals surface area contributed by atoms with E-state index in [4.69, 9.17) is 14.8 Å². The van der Waals surface area contributed by atoms with Gasteiger partial charge in [-0.1, -0.05) is 35.9 Å². The van der Waals surface area contributed by atoms with Crippen LogP contribution in [0, 0.1) is 6.92 Å². The Morgan fingerprint density at radius 2 is 1.91 bits per heavy atom. The number of amides is 1. The number of rotatable bonds is 5. The fourth-order valence-corrected chi connectivity index (χ4v) is 4.08. The Morgan fingerprint density at radius 1 is 1.09 bits per heavy atom. The standard InChI is InChI=1S/C26H24N6O2/c1-16-6-4-7-19(14-16)24-30-26-28-17(2)22(25(33)29-20-8-5-13-27-15-20)23(32(26)31-24)18-9-11-21(34-3)12-10-18/h4-15,23H,1-3H3,(H,29,33)(H,28,30,31). The van der Waals surface area contributed by atoms with E-state index in [-0.39, 0.29) is 5.91 Å². The molecule has 1 amide bonds. The van der Waals surface area contributed by atoms with E-state index in [9.17, 15) is 4.79 Å². The summed E-state index contributed by atoms with van der Waals surface area (Å²) in [5, 5.41) is 11.0.